The molecule has 1 unspecified atom stereocenters. The van der Waals surface area contributed by atoms with Crippen molar-refractivity contribution in [3.05, 3.63) is 0 Å². The first-order chi connectivity index (χ1) is 7.48. The summed E-state index contributed by atoms with van der Waals surface area (Å²) in [5.41, 5.74) is 1.87. The highest BCUT2D eigenvalue weighted by atomic mass is 16.3. The summed E-state index contributed by atoms with van der Waals surface area (Å²) in [5.74, 6) is -0.345. The Morgan fingerprint density at radius 2 is 2.31 bits per heavy atom. The summed E-state index contributed by atoms with van der Waals surface area (Å²) in [5, 5.41) is 13.5. The number of amides is 2. The number of carbonyl (C=O) groups excluding carboxylic acids is 2. The maximum absolute atomic E-state index is 11.9. The minimum Gasteiger partial charge on any atom is -0.388 e. The van der Waals surface area contributed by atoms with E-state index in [4.69, 9.17) is 0 Å². The van der Waals surface area contributed by atoms with E-state index in [0.717, 1.165) is 0 Å². The molecule has 16 heavy (non-hydrogen) atoms. The molecular weight excluding hydrogens is 210 g/mol. The molecule has 2 aliphatic heterocycles. The molecule has 0 aromatic carbocycles. The SMILES string of the molecule is CC1(O)CCN(C(=O)C2=NNC(=O)CC2)C1. The molecule has 0 saturated carbocycles. The van der Waals surface area contributed by atoms with E-state index in [2.05, 4.69) is 10.5 Å². The van der Waals surface area contributed by atoms with E-state index in [0.29, 0.717) is 38.1 Å². The number of hydrazone groups is 1. The second-order valence-electron chi connectivity index (χ2n) is 4.57. The third kappa shape index (κ3) is 2.21. The molecule has 0 aromatic heterocycles. The van der Waals surface area contributed by atoms with E-state index in [1.807, 2.05) is 0 Å². The van der Waals surface area contributed by atoms with Gasteiger partial charge in [-0.15, -0.1) is 0 Å². The molecule has 0 aliphatic carbocycles. The number of nitrogens with zero attached hydrogens (tertiary/aromatic N) is 2. The normalized spacial score (nSPS) is 30.0. The quantitative estimate of drug-likeness (QED) is 0.615. The van der Waals surface area contributed by atoms with Gasteiger partial charge in [-0.05, 0) is 13.3 Å². The molecule has 6 nitrogen and oxygen atoms in total. The van der Waals surface area contributed by atoms with Gasteiger partial charge in [0.15, 0.2) is 0 Å². The molecule has 2 amide bonds. The topological polar surface area (TPSA) is 82.0 Å². The predicted octanol–water partition coefficient (Wildman–Crippen LogP) is -0.764. The highest BCUT2D eigenvalue weighted by Crippen LogP contribution is 2.21. The number of aliphatic hydroxyl groups is 1. The van der Waals surface area contributed by atoms with Gasteiger partial charge in [0, 0.05) is 25.9 Å². The van der Waals surface area contributed by atoms with Crippen LogP contribution in [-0.4, -0.2) is 46.2 Å². The second-order valence-corrected chi connectivity index (χ2v) is 4.57. The Labute approximate surface area is 93.3 Å². The third-order valence-corrected chi connectivity index (χ3v) is 2.89. The summed E-state index contributed by atoms with van der Waals surface area (Å²) in [7, 11) is 0. The molecule has 1 atom stereocenters. The fraction of sp³-hybridized carbons (Fsp3) is 0.700. The summed E-state index contributed by atoms with van der Waals surface area (Å²) in [6.45, 7) is 2.59. The fourth-order valence-corrected chi connectivity index (χ4v) is 1.93. The lowest BCUT2D eigenvalue weighted by molar-refractivity contribution is -0.124. The first-order valence-electron chi connectivity index (χ1n) is 5.35. The van der Waals surface area contributed by atoms with Crippen LogP contribution in [0.5, 0.6) is 0 Å². The summed E-state index contributed by atoms with van der Waals surface area (Å²) in [6.07, 6.45) is 1.26. The second kappa shape index (κ2) is 3.86. The first kappa shape index (κ1) is 11.1. The van der Waals surface area contributed by atoms with Crippen LogP contribution in [0.4, 0.5) is 0 Å². The lowest BCUT2D eigenvalue weighted by Crippen LogP contribution is -2.40. The molecule has 2 rings (SSSR count). The standard InChI is InChI=1S/C10H15N3O3/c1-10(16)4-5-13(6-10)9(15)7-2-3-8(14)12-11-7/h16H,2-6H2,1H3,(H,12,14). The Morgan fingerprint density at radius 3 is 2.81 bits per heavy atom. The van der Waals surface area contributed by atoms with Gasteiger partial charge < -0.3 is 10.0 Å². The zero-order valence-corrected chi connectivity index (χ0v) is 9.19. The minimum absolute atomic E-state index is 0.162. The largest absolute Gasteiger partial charge is 0.388 e. The highest BCUT2D eigenvalue weighted by molar-refractivity contribution is 6.39. The molecule has 1 saturated heterocycles. The van der Waals surface area contributed by atoms with Gasteiger partial charge in [0.25, 0.3) is 5.91 Å². The first-order valence-corrected chi connectivity index (χ1v) is 5.35. The average molecular weight is 225 g/mol. The van der Waals surface area contributed by atoms with E-state index in [-0.39, 0.29) is 11.8 Å². The van der Waals surface area contributed by atoms with E-state index < -0.39 is 5.60 Å². The number of nitrogens with one attached hydrogen (secondary N) is 1. The Balaban J connectivity index is 2.01. The minimum atomic E-state index is -0.797. The number of carbonyl (C=O) groups is 2. The average Bonchev–Trinajstić information content (AvgIpc) is 2.59. The van der Waals surface area contributed by atoms with Gasteiger partial charge in [0.05, 0.1) is 5.60 Å². The van der Waals surface area contributed by atoms with E-state index in [1.165, 1.54) is 0 Å². The lowest BCUT2D eigenvalue weighted by Gasteiger charge is -2.20. The van der Waals surface area contributed by atoms with Crippen molar-refractivity contribution in [2.75, 3.05) is 13.1 Å². The van der Waals surface area contributed by atoms with Gasteiger partial charge in [-0.3, -0.25) is 9.59 Å². The van der Waals surface area contributed by atoms with Crippen LogP contribution in [0, 0.1) is 0 Å². The molecule has 0 spiro atoms. The molecule has 0 aromatic rings. The Kier molecular flexibility index (Phi) is 2.67. The zero-order valence-electron chi connectivity index (χ0n) is 9.19. The smallest absolute Gasteiger partial charge is 0.270 e. The van der Waals surface area contributed by atoms with E-state index in [1.54, 1.807) is 11.8 Å². The van der Waals surface area contributed by atoms with Crippen molar-refractivity contribution in [1.82, 2.24) is 10.3 Å². The Morgan fingerprint density at radius 1 is 1.56 bits per heavy atom. The zero-order chi connectivity index (χ0) is 11.8. The van der Waals surface area contributed by atoms with Gasteiger partial charge in [-0.25, -0.2) is 5.43 Å². The lowest BCUT2D eigenvalue weighted by atomic mass is 10.1. The van der Waals surface area contributed by atoms with Crippen LogP contribution in [0.25, 0.3) is 0 Å². The van der Waals surface area contributed by atoms with Gasteiger partial charge in [-0.1, -0.05) is 0 Å². The highest BCUT2D eigenvalue weighted by Gasteiger charge is 2.35. The molecule has 2 N–H and O–H groups in total. The van der Waals surface area contributed by atoms with Crippen molar-refractivity contribution < 1.29 is 14.7 Å². The number of hydrogen-bond acceptors (Lipinski definition) is 4. The van der Waals surface area contributed by atoms with Gasteiger partial charge in [-0.2, -0.15) is 5.10 Å². The number of rotatable bonds is 1. The molecule has 1 fully saturated rings. The van der Waals surface area contributed by atoms with E-state index >= 15 is 0 Å². The van der Waals surface area contributed by atoms with Crippen molar-refractivity contribution >= 4 is 17.5 Å². The van der Waals surface area contributed by atoms with Crippen molar-refractivity contribution in [3.63, 3.8) is 0 Å². The third-order valence-electron chi connectivity index (χ3n) is 2.89. The van der Waals surface area contributed by atoms with Crippen molar-refractivity contribution in [1.29, 1.82) is 0 Å². The molecule has 88 valence electrons. The molecule has 2 aliphatic rings. The van der Waals surface area contributed by atoms with Crippen molar-refractivity contribution in [2.24, 2.45) is 5.10 Å². The molecular formula is C10H15N3O3. The maximum Gasteiger partial charge on any atom is 0.270 e. The summed E-state index contributed by atoms with van der Waals surface area (Å²) in [4.78, 5) is 24.4. The van der Waals surface area contributed by atoms with Crippen molar-refractivity contribution in [2.45, 2.75) is 31.8 Å². The van der Waals surface area contributed by atoms with Gasteiger partial charge >= 0.3 is 0 Å². The van der Waals surface area contributed by atoms with Crippen LogP contribution in [0.1, 0.15) is 26.2 Å². The Hall–Kier alpha value is -1.43. The van der Waals surface area contributed by atoms with Crippen molar-refractivity contribution in [3.8, 4) is 0 Å². The van der Waals surface area contributed by atoms with E-state index in [9.17, 15) is 14.7 Å². The summed E-state index contributed by atoms with van der Waals surface area (Å²) >= 11 is 0. The van der Waals surface area contributed by atoms with Gasteiger partial charge in [0.2, 0.25) is 5.91 Å². The van der Waals surface area contributed by atoms with Crippen LogP contribution >= 0.6 is 0 Å². The monoisotopic (exact) mass is 225 g/mol. The molecule has 0 bridgehead atoms. The summed E-state index contributed by atoms with van der Waals surface area (Å²) < 4.78 is 0. The van der Waals surface area contributed by atoms with Gasteiger partial charge in [0.1, 0.15) is 5.71 Å². The van der Waals surface area contributed by atoms with Crippen LogP contribution in [0.2, 0.25) is 0 Å². The van der Waals surface area contributed by atoms with Crippen LogP contribution < -0.4 is 5.43 Å². The predicted molar refractivity (Wildman–Crippen MR) is 56.6 cm³/mol. The maximum atomic E-state index is 11.9. The Bertz CT molecular complexity index is 362. The van der Waals surface area contributed by atoms with Crippen LogP contribution in [0.3, 0.4) is 0 Å². The van der Waals surface area contributed by atoms with Crippen LogP contribution in [0.15, 0.2) is 5.10 Å². The van der Waals surface area contributed by atoms with Crippen LogP contribution in [-0.2, 0) is 9.59 Å². The fourth-order valence-electron chi connectivity index (χ4n) is 1.93. The summed E-state index contributed by atoms with van der Waals surface area (Å²) in [6, 6.07) is 0. The number of likely N-dealkylation sites (tertiary alicyclic amines) is 1. The number of hydrogen-bond donors (Lipinski definition) is 2. The molecule has 0 radical (unpaired) electrons. The number of β-amino-alcohol motifs (C(OH)–C–C–N with tert-alkyl or cyclic N) is 1. The molecule has 6 heteroatoms. The molecule has 2 heterocycles.